The van der Waals surface area contributed by atoms with Gasteiger partial charge in [-0.3, -0.25) is 11.7 Å². The van der Waals surface area contributed by atoms with Gasteiger partial charge in [0.05, 0.1) is 5.69 Å². The quantitative estimate of drug-likeness (QED) is 0.378. The van der Waals surface area contributed by atoms with Crippen molar-refractivity contribution in [3.8, 4) is 0 Å². The Hall–Kier alpha value is 0.0212. The molecule has 3 atom stereocenters. The van der Waals surface area contributed by atoms with Crippen molar-refractivity contribution in [1.29, 1.82) is 0 Å². The second-order valence-electron chi connectivity index (χ2n) is 7.73. The van der Waals surface area contributed by atoms with E-state index in [1.165, 1.54) is 18.4 Å². The topological polar surface area (TPSA) is 44.3 Å². The molecule has 1 saturated heterocycles. The summed E-state index contributed by atoms with van der Waals surface area (Å²) in [5, 5.41) is 9.03. The molecule has 2 heterocycles. The molecule has 1 aromatic rings. The van der Waals surface area contributed by atoms with Crippen LogP contribution in [-0.4, -0.2) is 37.8 Å². The summed E-state index contributed by atoms with van der Waals surface area (Å²) in [7, 11) is 8.22. The summed E-state index contributed by atoms with van der Waals surface area (Å²) in [5.41, 5.74) is 3.36. The Kier molecular flexibility index (Phi) is 9.91. The van der Waals surface area contributed by atoms with E-state index in [9.17, 15) is 0 Å². The summed E-state index contributed by atoms with van der Waals surface area (Å²) in [4.78, 5) is 4.61. The average Bonchev–Trinajstić information content (AvgIpc) is 3.15. The van der Waals surface area contributed by atoms with Crippen molar-refractivity contribution in [1.82, 2.24) is 9.55 Å². The number of halogens is 2. The van der Waals surface area contributed by atoms with Gasteiger partial charge in [-0.25, -0.2) is 0 Å². The Bertz CT molecular complexity index is 665. The van der Waals surface area contributed by atoms with Crippen LogP contribution in [0, 0.1) is 19.3 Å². The van der Waals surface area contributed by atoms with Gasteiger partial charge in [0.15, 0.2) is 0 Å². The number of allylic oxidation sites excluding steroid dienone is 4. The van der Waals surface area contributed by atoms with Crippen LogP contribution in [-0.2, 0) is 17.0 Å². The molecule has 1 aliphatic heterocycles. The number of pyridine rings is 1. The van der Waals surface area contributed by atoms with E-state index in [-0.39, 0.29) is 7.43 Å². The molecule has 0 amide bonds. The summed E-state index contributed by atoms with van der Waals surface area (Å²) in [5.74, 6) is 1.27. The molecule has 3 aliphatic rings. The molecule has 0 bridgehead atoms. The molecule has 0 spiro atoms. The predicted molar refractivity (Wildman–Crippen MR) is 120 cm³/mol. The monoisotopic (exact) mass is 471 g/mol. The maximum atomic E-state index is 4.89. The normalized spacial score (nSPS) is 27.3. The zero-order valence-corrected chi connectivity index (χ0v) is 20.9. The van der Waals surface area contributed by atoms with Crippen LogP contribution in [0.5, 0.6) is 0 Å². The molecule has 150 valence electrons. The molecule has 2 fully saturated rings. The van der Waals surface area contributed by atoms with Crippen LogP contribution < -0.4 is 0 Å². The SMILES string of the molecule is C[Si](C)(C1CCC2C(c3ccccn3)=CC=CC21)N1C[N-]C[N-]C1.[CH3-].[Cl][Ti+4][Cl]. The van der Waals surface area contributed by atoms with Crippen LogP contribution in [0.4, 0.5) is 0 Å². The zero-order chi connectivity index (χ0) is 19.3. The van der Waals surface area contributed by atoms with E-state index in [0.29, 0.717) is 18.5 Å². The summed E-state index contributed by atoms with van der Waals surface area (Å²) in [6, 6.07) is 6.25. The van der Waals surface area contributed by atoms with Crippen molar-refractivity contribution >= 4 is 32.4 Å². The van der Waals surface area contributed by atoms with E-state index in [1.54, 1.807) is 0 Å². The standard InChI is InChI=1S/C19H26N4Si.CH3.2ClH.Ti/c1-24(2,23-13-20-12-21-14-23)19-10-9-15-16(6-5-7-17(15)19)18-8-3-4-11-22-18;;;;/h3-8,11,15,17,19H,9-10,12-14H2,1-2H3;1H3;2*1H;/q-2;-1;;;+6/p-2. The predicted octanol–water partition coefficient (Wildman–Crippen LogP) is 6.40. The first-order valence-electron chi connectivity index (χ1n) is 9.37. The van der Waals surface area contributed by atoms with Gasteiger partial charge in [0.2, 0.25) is 0 Å². The second-order valence-corrected chi connectivity index (χ2v) is 15.0. The number of hydrogen-bond donors (Lipinski definition) is 0. The molecule has 4 rings (SSSR count). The molecule has 0 radical (unpaired) electrons. The van der Waals surface area contributed by atoms with Crippen LogP contribution in [0.15, 0.2) is 42.6 Å². The molecule has 3 unspecified atom stereocenters. The number of rotatable bonds is 3. The van der Waals surface area contributed by atoms with Gasteiger partial charge >= 0.3 is 35.6 Å². The Morgan fingerprint density at radius 3 is 2.54 bits per heavy atom. The van der Waals surface area contributed by atoms with Gasteiger partial charge in [-0.05, 0) is 41.5 Å². The minimum atomic E-state index is -1.56. The van der Waals surface area contributed by atoms with Crippen molar-refractivity contribution in [2.75, 3.05) is 20.0 Å². The number of nitrogens with zero attached hydrogens (tertiary/aromatic N) is 4. The Morgan fingerprint density at radius 1 is 1.18 bits per heavy atom. The summed E-state index contributed by atoms with van der Waals surface area (Å²) < 4.78 is 2.58. The summed E-state index contributed by atoms with van der Waals surface area (Å²) >= 11 is -0.556. The van der Waals surface area contributed by atoms with E-state index in [0.717, 1.165) is 24.6 Å². The Balaban J connectivity index is 0.000000660. The fraction of sp³-hybridized carbons (Fsp3) is 0.500. The van der Waals surface area contributed by atoms with Gasteiger partial charge in [0, 0.05) is 6.20 Å². The van der Waals surface area contributed by atoms with E-state index >= 15 is 0 Å². The first kappa shape index (κ1) is 24.3. The van der Waals surface area contributed by atoms with Crippen molar-refractivity contribution in [3.05, 3.63) is 66.4 Å². The van der Waals surface area contributed by atoms with Crippen LogP contribution in [0.2, 0.25) is 18.6 Å². The molecule has 0 aromatic carbocycles. The van der Waals surface area contributed by atoms with Gasteiger partial charge in [-0.15, -0.1) is 13.3 Å². The molecular formula is C20H29Cl2N4SiTi+. The van der Waals surface area contributed by atoms with Gasteiger partial charge in [0.25, 0.3) is 0 Å². The minimum absolute atomic E-state index is 0. The maximum absolute atomic E-state index is 4.89. The first-order chi connectivity index (χ1) is 13.1. The van der Waals surface area contributed by atoms with Gasteiger partial charge in [-0.1, -0.05) is 43.8 Å². The third-order valence-electron chi connectivity index (χ3n) is 6.15. The summed E-state index contributed by atoms with van der Waals surface area (Å²) in [6.07, 6.45) is 11.5. The Labute approximate surface area is 187 Å². The van der Waals surface area contributed by atoms with E-state index in [1.807, 2.05) is 12.3 Å². The second kappa shape index (κ2) is 11.4. The van der Waals surface area contributed by atoms with Gasteiger partial charge < -0.3 is 22.6 Å². The van der Waals surface area contributed by atoms with Crippen molar-refractivity contribution < 1.29 is 17.0 Å². The average molecular weight is 472 g/mol. The fourth-order valence-corrected chi connectivity index (χ4v) is 8.30. The molecule has 28 heavy (non-hydrogen) atoms. The number of fused-ring (bicyclic) bond motifs is 1. The molecular weight excluding hydrogens is 443 g/mol. The van der Waals surface area contributed by atoms with Crippen LogP contribution in [0.25, 0.3) is 16.2 Å². The Morgan fingerprint density at radius 2 is 1.89 bits per heavy atom. The number of hydrogen-bond acceptors (Lipinski definition) is 2. The van der Waals surface area contributed by atoms with Crippen molar-refractivity contribution in [2.45, 2.75) is 31.5 Å². The molecule has 1 saturated carbocycles. The first-order valence-corrected chi connectivity index (χ1v) is 16.7. The van der Waals surface area contributed by atoms with Crippen LogP contribution in [0.1, 0.15) is 18.5 Å². The molecule has 4 nitrogen and oxygen atoms in total. The van der Waals surface area contributed by atoms with Crippen molar-refractivity contribution in [3.63, 3.8) is 0 Å². The third kappa shape index (κ3) is 5.38. The van der Waals surface area contributed by atoms with E-state index < -0.39 is 25.3 Å². The van der Waals surface area contributed by atoms with Crippen LogP contribution in [0.3, 0.4) is 0 Å². The molecule has 2 aliphatic carbocycles. The molecule has 0 N–H and O–H groups in total. The van der Waals surface area contributed by atoms with Gasteiger partial charge in [-0.2, -0.15) is 0 Å². The van der Waals surface area contributed by atoms with E-state index in [4.69, 9.17) is 18.6 Å². The van der Waals surface area contributed by atoms with Crippen LogP contribution >= 0.6 is 18.6 Å². The van der Waals surface area contributed by atoms with Crippen molar-refractivity contribution in [2.24, 2.45) is 11.8 Å². The van der Waals surface area contributed by atoms with Gasteiger partial charge in [0.1, 0.15) is 8.24 Å². The zero-order valence-electron chi connectivity index (χ0n) is 16.9. The van der Waals surface area contributed by atoms with E-state index in [2.05, 4.69) is 63.6 Å². The number of aromatic nitrogens is 1. The summed E-state index contributed by atoms with van der Waals surface area (Å²) in [6.45, 7) is 7.47. The molecule has 8 heteroatoms. The fourth-order valence-electron chi connectivity index (χ4n) is 4.74. The molecule has 1 aromatic heterocycles. The third-order valence-corrected chi connectivity index (χ3v) is 10.6.